The highest BCUT2D eigenvalue weighted by atomic mass is 16.5. The fraction of sp³-hybridized carbons (Fsp3) is 0.276. The smallest absolute Gasteiger partial charge is 0.259 e. The lowest BCUT2D eigenvalue weighted by molar-refractivity contribution is 0.102. The van der Waals surface area contributed by atoms with Crippen LogP contribution >= 0.6 is 0 Å². The number of anilines is 1. The highest BCUT2D eigenvalue weighted by Crippen LogP contribution is 2.32. The molecule has 1 unspecified atom stereocenters. The molecule has 0 aliphatic heterocycles. The summed E-state index contributed by atoms with van der Waals surface area (Å²) in [6.45, 7) is 6.31. The Bertz CT molecular complexity index is 1380. The Morgan fingerprint density at radius 2 is 1.76 bits per heavy atom. The molecule has 1 heterocycles. The molecule has 1 N–H and O–H groups in total. The van der Waals surface area contributed by atoms with E-state index in [2.05, 4.69) is 27.3 Å². The van der Waals surface area contributed by atoms with Gasteiger partial charge in [0.1, 0.15) is 18.1 Å². The van der Waals surface area contributed by atoms with Gasteiger partial charge in [0.05, 0.1) is 12.7 Å². The quantitative estimate of drug-likeness (QED) is 0.319. The van der Waals surface area contributed by atoms with Gasteiger partial charge in [-0.3, -0.25) is 4.79 Å². The number of nitrogens with zero attached hydrogens (tertiary/aromatic N) is 3. The molecule has 0 saturated carbocycles. The van der Waals surface area contributed by atoms with Gasteiger partial charge in [-0.25, -0.2) is 0 Å². The number of aryl methyl sites for hydroxylation is 2. The van der Waals surface area contributed by atoms with E-state index < -0.39 is 0 Å². The van der Waals surface area contributed by atoms with Crippen LogP contribution in [-0.2, 0) is 0 Å². The van der Waals surface area contributed by atoms with Gasteiger partial charge in [0.25, 0.3) is 5.91 Å². The van der Waals surface area contributed by atoms with Gasteiger partial charge < -0.3 is 24.2 Å². The normalized spacial score (nSPS) is 11.9. The second kappa shape index (κ2) is 11.3. The molecular weight excluding hydrogens is 468 g/mol. The standard InChI is InChI=1S/C29H32N4O4/c1-18-15-22(28-30-20(3)37-32-28)8-13-25(18)21-7-14-26(27(16-21)36-17-19(2)33(4)5)29(34)31-23-9-11-24(35-6)12-10-23/h7-16,19H,17H2,1-6H3,(H,31,34). The minimum absolute atomic E-state index is 0.167. The molecule has 0 aliphatic carbocycles. The summed E-state index contributed by atoms with van der Waals surface area (Å²) in [6.07, 6.45) is 0. The molecule has 192 valence electrons. The molecular formula is C29H32N4O4. The van der Waals surface area contributed by atoms with Crippen LogP contribution in [0.15, 0.2) is 65.2 Å². The van der Waals surface area contributed by atoms with Crippen LogP contribution in [-0.4, -0.2) is 54.8 Å². The first-order valence-corrected chi connectivity index (χ1v) is 12.1. The molecule has 3 aromatic carbocycles. The molecule has 0 saturated heterocycles. The monoisotopic (exact) mass is 500 g/mol. The molecule has 8 nitrogen and oxygen atoms in total. The fourth-order valence-electron chi connectivity index (χ4n) is 3.77. The molecule has 4 aromatic rings. The van der Waals surface area contributed by atoms with E-state index in [4.69, 9.17) is 14.0 Å². The second-order valence-corrected chi connectivity index (χ2v) is 9.18. The summed E-state index contributed by atoms with van der Waals surface area (Å²) in [5, 5.41) is 6.96. The summed E-state index contributed by atoms with van der Waals surface area (Å²) in [6, 6.07) is 19.1. The highest BCUT2D eigenvalue weighted by molar-refractivity contribution is 6.06. The van der Waals surface area contributed by atoms with Crippen molar-refractivity contribution in [1.29, 1.82) is 0 Å². The Labute approximate surface area is 217 Å². The number of amides is 1. The molecule has 1 amide bonds. The lowest BCUT2D eigenvalue weighted by Gasteiger charge is -2.21. The lowest BCUT2D eigenvalue weighted by Crippen LogP contribution is -2.31. The van der Waals surface area contributed by atoms with E-state index in [1.165, 1.54) is 0 Å². The first-order chi connectivity index (χ1) is 17.7. The number of carbonyl (C=O) groups is 1. The van der Waals surface area contributed by atoms with Crippen molar-refractivity contribution >= 4 is 11.6 Å². The van der Waals surface area contributed by atoms with Crippen LogP contribution in [0.25, 0.3) is 22.5 Å². The zero-order chi connectivity index (χ0) is 26.5. The van der Waals surface area contributed by atoms with Crippen molar-refractivity contribution in [2.75, 3.05) is 33.1 Å². The number of nitrogens with one attached hydrogen (secondary N) is 1. The van der Waals surface area contributed by atoms with E-state index in [1.54, 1.807) is 44.4 Å². The molecule has 1 aromatic heterocycles. The van der Waals surface area contributed by atoms with Crippen LogP contribution in [0.2, 0.25) is 0 Å². The Morgan fingerprint density at radius 3 is 2.38 bits per heavy atom. The summed E-state index contributed by atoms with van der Waals surface area (Å²) in [4.78, 5) is 19.6. The Morgan fingerprint density at radius 1 is 1.03 bits per heavy atom. The van der Waals surface area contributed by atoms with Gasteiger partial charge in [-0.2, -0.15) is 4.98 Å². The van der Waals surface area contributed by atoms with Crippen molar-refractivity contribution in [2.24, 2.45) is 0 Å². The number of hydrogen-bond donors (Lipinski definition) is 1. The number of likely N-dealkylation sites (N-methyl/N-ethyl adjacent to an activating group) is 1. The van der Waals surface area contributed by atoms with Crippen LogP contribution in [0, 0.1) is 13.8 Å². The van der Waals surface area contributed by atoms with Crippen LogP contribution in [0.3, 0.4) is 0 Å². The number of rotatable bonds is 9. The average molecular weight is 501 g/mol. The number of ether oxygens (including phenoxy) is 2. The maximum atomic E-state index is 13.2. The minimum atomic E-state index is -0.247. The van der Waals surface area contributed by atoms with E-state index in [0.29, 0.717) is 35.3 Å². The molecule has 0 spiro atoms. The number of aromatic nitrogens is 2. The molecule has 0 fully saturated rings. The Kier molecular flexibility index (Phi) is 7.89. The molecule has 1 atom stereocenters. The van der Waals surface area contributed by atoms with Crippen molar-refractivity contribution in [3.05, 3.63) is 77.7 Å². The highest BCUT2D eigenvalue weighted by Gasteiger charge is 2.17. The zero-order valence-corrected chi connectivity index (χ0v) is 22.0. The Balaban J connectivity index is 1.64. The van der Waals surface area contributed by atoms with Gasteiger partial charge in [0.2, 0.25) is 11.7 Å². The second-order valence-electron chi connectivity index (χ2n) is 9.18. The van der Waals surface area contributed by atoms with Crippen molar-refractivity contribution in [3.8, 4) is 34.0 Å². The molecule has 4 rings (SSSR count). The molecule has 8 heteroatoms. The number of carbonyl (C=O) groups excluding carboxylic acids is 1. The molecule has 0 radical (unpaired) electrons. The van der Waals surface area contributed by atoms with Crippen molar-refractivity contribution < 1.29 is 18.8 Å². The number of benzene rings is 3. The van der Waals surface area contributed by atoms with E-state index in [9.17, 15) is 4.79 Å². The summed E-state index contributed by atoms with van der Waals surface area (Å²) in [7, 11) is 5.60. The van der Waals surface area contributed by atoms with Gasteiger partial charge in [0, 0.05) is 24.2 Å². The fourth-order valence-corrected chi connectivity index (χ4v) is 3.77. The molecule has 0 aliphatic rings. The predicted octanol–water partition coefficient (Wildman–Crippen LogP) is 5.61. The topological polar surface area (TPSA) is 89.7 Å². The van der Waals surface area contributed by atoms with Gasteiger partial charge >= 0.3 is 0 Å². The van der Waals surface area contributed by atoms with Gasteiger partial charge in [-0.1, -0.05) is 23.4 Å². The average Bonchev–Trinajstić information content (AvgIpc) is 3.33. The molecule has 37 heavy (non-hydrogen) atoms. The number of hydrogen-bond acceptors (Lipinski definition) is 7. The SMILES string of the molecule is COc1ccc(NC(=O)c2ccc(-c3ccc(-c4noc(C)n4)cc3C)cc2OCC(C)N(C)C)cc1. The predicted molar refractivity (Wildman–Crippen MR) is 144 cm³/mol. The van der Waals surface area contributed by atoms with Crippen molar-refractivity contribution in [2.45, 2.75) is 26.8 Å². The van der Waals surface area contributed by atoms with E-state index in [-0.39, 0.29) is 11.9 Å². The minimum Gasteiger partial charge on any atom is -0.497 e. The van der Waals surface area contributed by atoms with Crippen molar-refractivity contribution in [3.63, 3.8) is 0 Å². The van der Waals surface area contributed by atoms with E-state index in [1.807, 2.05) is 51.4 Å². The van der Waals surface area contributed by atoms with Crippen LogP contribution in [0.1, 0.15) is 28.7 Å². The Hall–Kier alpha value is -4.17. The van der Waals surface area contributed by atoms with Crippen LogP contribution < -0.4 is 14.8 Å². The van der Waals surface area contributed by atoms with Crippen molar-refractivity contribution in [1.82, 2.24) is 15.0 Å². The van der Waals surface area contributed by atoms with Crippen LogP contribution in [0.5, 0.6) is 11.5 Å². The third-order valence-corrected chi connectivity index (χ3v) is 6.26. The van der Waals surface area contributed by atoms with Gasteiger partial charge in [-0.15, -0.1) is 0 Å². The first kappa shape index (κ1) is 25.9. The summed E-state index contributed by atoms with van der Waals surface area (Å²) in [5.74, 6) is 2.08. The summed E-state index contributed by atoms with van der Waals surface area (Å²) < 4.78 is 16.5. The maximum Gasteiger partial charge on any atom is 0.259 e. The van der Waals surface area contributed by atoms with E-state index in [0.717, 1.165) is 28.0 Å². The molecule has 0 bridgehead atoms. The van der Waals surface area contributed by atoms with Gasteiger partial charge in [0.15, 0.2) is 0 Å². The summed E-state index contributed by atoms with van der Waals surface area (Å²) >= 11 is 0. The largest absolute Gasteiger partial charge is 0.497 e. The first-order valence-electron chi connectivity index (χ1n) is 12.1. The van der Waals surface area contributed by atoms with Crippen LogP contribution in [0.4, 0.5) is 5.69 Å². The summed E-state index contributed by atoms with van der Waals surface area (Å²) in [5.41, 5.74) is 5.03. The number of methoxy groups -OCH3 is 1. The third kappa shape index (κ3) is 6.16. The third-order valence-electron chi connectivity index (χ3n) is 6.26. The maximum absolute atomic E-state index is 13.2. The zero-order valence-electron chi connectivity index (χ0n) is 22.0. The van der Waals surface area contributed by atoms with Gasteiger partial charge in [-0.05, 0) is 87.1 Å². The lowest BCUT2D eigenvalue weighted by atomic mass is 9.96. The van der Waals surface area contributed by atoms with E-state index >= 15 is 0 Å².